The monoisotopic (exact) mass is 309 g/mol. The molecule has 2 atom stereocenters. The number of hydrogen-bond acceptors (Lipinski definition) is 2. The standard InChI is InChI=1S/C6H14N2.Pt/c7-5-3-1-2-4-6(5)8;/h5-6H,1-4,7-8H2;/q;+2/t5-,6?;/m1./s1. The van der Waals surface area contributed by atoms with E-state index in [1.165, 1.54) is 12.8 Å². The molecule has 0 spiro atoms. The van der Waals surface area contributed by atoms with E-state index in [-0.39, 0.29) is 33.1 Å². The third kappa shape index (κ3) is 2.79. The molecule has 0 aromatic carbocycles. The minimum absolute atomic E-state index is 0. The minimum atomic E-state index is 0. The van der Waals surface area contributed by atoms with Crippen LogP contribution in [0.1, 0.15) is 25.7 Å². The molecule has 0 radical (unpaired) electrons. The van der Waals surface area contributed by atoms with Gasteiger partial charge in [-0.1, -0.05) is 12.8 Å². The first-order valence-corrected chi connectivity index (χ1v) is 3.32. The fraction of sp³-hybridized carbons (Fsp3) is 1.00. The first kappa shape index (κ1) is 9.61. The quantitative estimate of drug-likeness (QED) is 0.672. The predicted octanol–water partition coefficient (Wildman–Crippen LogP) is 0.213. The van der Waals surface area contributed by atoms with E-state index in [1.807, 2.05) is 0 Å². The number of rotatable bonds is 0. The van der Waals surface area contributed by atoms with Crippen molar-refractivity contribution < 1.29 is 21.1 Å². The minimum Gasteiger partial charge on any atom is -0.326 e. The molecule has 1 fully saturated rings. The Balaban J connectivity index is 0.000000640. The van der Waals surface area contributed by atoms with E-state index < -0.39 is 0 Å². The van der Waals surface area contributed by atoms with Crippen molar-refractivity contribution in [3.8, 4) is 0 Å². The van der Waals surface area contributed by atoms with Crippen molar-refractivity contribution in [2.24, 2.45) is 11.5 Å². The summed E-state index contributed by atoms with van der Waals surface area (Å²) in [6.45, 7) is 0. The molecule has 2 nitrogen and oxygen atoms in total. The molecule has 1 aliphatic rings. The van der Waals surface area contributed by atoms with Gasteiger partial charge in [0.2, 0.25) is 0 Å². The molecule has 1 unspecified atom stereocenters. The van der Waals surface area contributed by atoms with Crippen molar-refractivity contribution >= 4 is 0 Å². The smallest absolute Gasteiger partial charge is 0.326 e. The second-order valence-electron chi connectivity index (χ2n) is 2.61. The Morgan fingerprint density at radius 1 is 0.889 bits per heavy atom. The van der Waals surface area contributed by atoms with E-state index in [0.717, 1.165) is 12.8 Å². The Hall–Kier alpha value is 0.608. The molecule has 0 heterocycles. The Bertz CT molecular complexity index is 67.5. The molecular formula is C6H14N2Pt+2. The maximum atomic E-state index is 5.65. The Morgan fingerprint density at radius 2 is 1.22 bits per heavy atom. The van der Waals surface area contributed by atoms with Gasteiger partial charge in [0.15, 0.2) is 0 Å². The molecule has 3 heteroatoms. The van der Waals surface area contributed by atoms with Gasteiger partial charge >= 0.3 is 21.1 Å². The molecule has 1 aliphatic carbocycles. The van der Waals surface area contributed by atoms with Crippen molar-refractivity contribution in [3.63, 3.8) is 0 Å². The molecule has 0 aromatic heterocycles. The van der Waals surface area contributed by atoms with Gasteiger partial charge in [0.05, 0.1) is 0 Å². The molecule has 0 amide bonds. The summed E-state index contributed by atoms with van der Waals surface area (Å²) in [5, 5.41) is 0. The van der Waals surface area contributed by atoms with Gasteiger partial charge in [-0.05, 0) is 12.8 Å². The SMILES string of the molecule is NC1CCCC[C@H]1N.[Pt+2]. The molecule has 1 saturated carbocycles. The van der Waals surface area contributed by atoms with Crippen LogP contribution in [0.4, 0.5) is 0 Å². The van der Waals surface area contributed by atoms with Gasteiger partial charge in [0.25, 0.3) is 0 Å². The summed E-state index contributed by atoms with van der Waals surface area (Å²) >= 11 is 0. The fourth-order valence-corrected chi connectivity index (χ4v) is 1.19. The summed E-state index contributed by atoms with van der Waals surface area (Å²) in [5.74, 6) is 0. The summed E-state index contributed by atoms with van der Waals surface area (Å²) in [5.41, 5.74) is 11.3. The summed E-state index contributed by atoms with van der Waals surface area (Å²) in [7, 11) is 0. The average Bonchev–Trinajstić information content (AvgIpc) is 1.77. The summed E-state index contributed by atoms with van der Waals surface area (Å²) in [6.07, 6.45) is 4.80. The average molecular weight is 309 g/mol. The zero-order valence-corrected chi connectivity index (χ0v) is 7.73. The van der Waals surface area contributed by atoms with E-state index in [9.17, 15) is 0 Å². The topological polar surface area (TPSA) is 52.0 Å². The van der Waals surface area contributed by atoms with Gasteiger partial charge in [-0.25, -0.2) is 0 Å². The number of nitrogens with two attached hydrogens (primary N) is 2. The van der Waals surface area contributed by atoms with E-state index in [0.29, 0.717) is 0 Å². The van der Waals surface area contributed by atoms with Crippen LogP contribution in [0.5, 0.6) is 0 Å². The van der Waals surface area contributed by atoms with Gasteiger partial charge < -0.3 is 11.5 Å². The molecule has 0 aliphatic heterocycles. The van der Waals surface area contributed by atoms with Crippen LogP contribution in [0, 0.1) is 0 Å². The van der Waals surface area contributed by atoms with Crippen molar-refractivity contribution in [1.82, 2.24) is 0 Å². The van der Waals surface area contributed by atoms with E-state index in [4.69, 9.17) is 11.5 Å². The Labute approximate surface area is 70.6 Å². The predicted molar refractivity (Wildman–Crippen MR) is 34.4 cm³/mol. The largest absolute Gasteiger partial charge is 2.00 e. The zero-order chi connectivity index (χ0) is 5.98. The Kier molecular flexibility index (Phi) is 4.73. The van der Waals surface area contributed by atoms with Gasteiger partial charge in [0.1, 0.15) is 0 Å². The maximum absolute atomic E-state index is 5.65. The second-order valence-corrected chi connectivity index (χ2v) is 2.61. The third-order valence-corrected chi connectivity index (χ3v) is 1.87. The molecule has 0 saturated heterocycles. The second kappa shape index (κ2) is 4.43. The van der Waals surface area contributed by atoms with Crippen LogP contribution in [0.25, 0.3) is 0 Å². The Morgan fingerprint density at radius 3 is 1.44 bits per heavy atom. The fourth-order valence-electron chi connectivity index (χ4n) is 1.19. The van der Waals surface area contributed by atoms with Crippen LogP contribution in [-0.2, 0) is 21.1 Å². The van der Waals surface area contributed by atoms with E-state index in [2.05, 4.69) is 0 Å². The van der Waals surface area contributed by atoms with Crippen LogP contribution in [0.2, 0.25) is 0 Å². The normalized spacial score (nSPS) is 35.3. The molecular weight excluding hydrogens is 295 g/mol. The van der Waals surface area contributed by atoms with Gasteiger partial charge in [-0.3, -0.25) is 0 Å². The van der Waals surface area contributed by atoms with E-state index >= 15 is 0 Å². The molecule has 0 aromatic rings. The molecule has 56 valence electrons. The van der Waals surface area contributed by atoms with Crippen LogP contribution < -0.4 is 11.5 Å². The molecule has 4 N–H and O–H groups in total. The zero-order valence-electron chi connectivity index (χ0n) is 5.45. The first-order valence-electron chi connectivity index (χ1n) is 3.32. The maximum Gasteiger partial charge on any atom is 2.00 e. The summed E-state index contributed by atoms with van der Waals surface area (Å²) < 4.78 is 0. The first-order chi connectivity index (χ1) is 3.80. The summed E-state index contributed by atoms with van der Waals surface area (Å²) in [4.78, 5) is 0. The van der Waals surface area contributed by atoms with Crippen LogP contribution >= 0.6 is 0 Å². The van der Waals surface area contributed by atoms with Crippen LogP contribution in [-0.4, -0.2) is 12.1 Å². The van der Waals surface area contributed by atoms with Gasteiger partial charge in [-0.15, -0.1) is 0 Å². The summed E-state index contributed by atoms with van der Waals surface area (Å²) in [6, 6.07) is 0.562. The van der Waals surface area contributed by atoms with Crippen molar-refractivity contribution in [3.05, 3.63) is 0 Å². The number of hydrogen-bond donors (Lipinski definition) is 2. The molecule has 1 rings (SSSR count). The van der Waals surface area contributed by atoms with Crippen molar-refractivity contribution in [2.45, 2.75) is 37.8 Å². The van der Waals surface area contributed by atoms with Crippen molar-refractivity contribution in [1.29, 1.82) is 0 Å². The van der Waals surface area contributed by atoms with Crippen LogP contribution in [0.15, 0.2) is 0 Å². The van der Waals surface area contributed by atoms with Gasteiger partial charge in [-0.2, -0.15) is 0 Å². The van der Waals surface area contributed by atoms with Crippen LogP contribution in [0.3, 0.4) is 0 Å². The molecule has 0 bridgehead atoms. The third-order valence-electron chi connectivity index (χ3n) is 1.87. The van der Waals surface area contributed by atoms with E-state index in [1.54, 1.807) is 0 Å². The van der Waals surface area contributed by atoms with Gasteiger partial charge in [0, 0.05) is 12.1 Å². The molecule has 9 heavy (non-hydrogen) atoms. The van der Waals surface area contributed by atoms with Crippen molar-refractivity contribution in [2.75, 3.05) is 0 Å².